The van der Waals surface area contributed by atoms with Crippen molar-refractivity contribution in [3.05, 3.63) is 57.2 Å². The van der Waals surface area contributed by atoms with Crippen molar-refractivity contribution in [1.29, 1.82) is 0 Å². The molecule has 0 aliphatic carbocycles. The normalized spacial score (nSPS) is 10.3. The van der Waals surface area contributed by atoms with Gasteiger partial charge in [0.25, 0.3) is 5.91 Å². The third-order valence-corrected chi connectivity index (χ3v) is 3.15. The summed E-state index contributed by atoms with van der Waals surface area (Å²) in [5, 5.41) is 2.51. The van der Waals surface area contributed by atoms with Crippen LogP contribution in [-0.4, -0.2) is 5.91 Å². The zero-order valence-corrected chi connectivity index (χ0v) is 11.7. The van der Waals surface area contributed by atoms with Crippen LogP contribution in [0.4, 0.5) is 20.2 Å². The van der Waals surface area contributed by atoms with Crippen LogP contribution in [0.25, 0.3) is 0 Å². The highest BCUT2D eigenvalue weighted by Gasteiger charge is 2.15. The quantitative estimate of drug-likeness (QED) is 0.626. The van der Waals surface area contributed by atoms with E-state index in [-0.39, 0.29) is 11.3 Å². The highest BCUT2D eigenvalue weighted by atomic mass is 127. The van der Waals surface area contributed by atoms with Gasteiger partial charge in [-0.25, -0.2) is 8.78 Å². The molecule has 0 atom stereocenters. The third kappa shape index (κ3) is 3.19. The molecule has 0 radical (unpaired) electrons. The molecule has 3 nitrogen and oxygen atoms in total. The molecule has 0 unspecified atom stereocenters. The molecule has 2 aromatic carbocycles. The molecule has 0 aliphatic heterocycles. The topological polar surface area (TPSA) is 55.1 Å². The molecule has 6 heteroatoms. The summed E-state index contributed by atoms with van der Waals surface area (Å²) in [6, 6.07) is 8.54. The van der Waals surface area contributed by atoms with E-state index in [4.69, 9.17) is 5.73 Å². The molecule has 2 aromatic rings. The number of rotatable bonds is 2. The van der Waals surface area contributed by atoms with Crippen molar-refractivity contribution < 1.29 is 13.6 Å². The van der Waals surface area contributed by atoms with Gasteiger partial charge in [-0.05, 0) is 52.9 Å². The van der Waals surface area contributed by atoms with Crippen LogP contribution in [0.1, 0.15) is 10.4 Å². The fourth-order valence-electron chi connectivity index (χ4n) is 1.47. The van der Waals surface area contributed by atoms with Crippen molar-refractivity contribution in [3.63, 3.8) is 0 Å². The van der Waals surface area contributed by atoms with Gasteiger partial charge >= 0.3 is 0 Å². The Bertz CT molecular complexity index is 629. The second-order valence-corrected chi connectivity index (χ2v) is 5.06. The first-order chi connectivity index (χ1) is 8.97. The summed E-state index contributed by atoms with van der Waals surface area (Å²) in [4.78, 5) is 11.9. The van der Waals surface area contributed by atoms with E-state index in [0.29, 0.717) is 11.8 Å². The van der Waals surface area contributed by atoms with Crippen molar-refractivity contribution in [2.45, 2.75) is 0 Å². The van der Waals surface area contributed by atoms with Gasteiger partial charge < -0.3 is 11.1 Å². The van der Waals surface area contributed by atoms with Crippen LogP contribution in [0.5, 0.6) is 0 Å². The molecule has 3 N–H and O–H groups in total. The lowest BCUT2D eigenvalue weighted by Gasteiger charge is -2.07. The predicted molar refractivity (Wildman–Crippen MR) is 77.9 cm³/mol. The summed E-state index contributed by atoms with van der Waals surface area (Å²) in [6.45, 7) is 0. The summed E-state index contributed by atoms with van der Waals surface area (Å²) >= 11 is 2.12. The monoisotopic (exact) mass is 374 g/mol. The highest BCUT2D eigenvalue weighted by Crippen LogP contribution is 2.18. The number of hydrogen-bond acceptors (Lipinski definition) is 2. The maximum Gasteiger partial charge on any atom is 0.258 e. The van der Waals surface area contributed by atoms with Crippen LogP contribution in [0.2, 0.25) is 0 Å². The zero-order chi connectivity index (χ0) is 14.0. The van der Waals surface area contributed by atoms with Crippen molar-refractivity contribution in [2.24, 2.45) is 0 Å². The molecule has 98 valence electrons. The van der Waals surface area contributed by atoms with E-state index in [9.17, 15) is 13.6 Å². The Hall–Kier alpha value is -1.70. The van der Waals surface area contributed by atoms with Crippen molar-refractivity contribution >= 4 is 39.9 Å². The minimum Gasteiger partial charge on any atom is -0.396 e. The fraction of sp³-hybridized carbons (Fsp3) is 0. The molecule has 2 rings (SSSR count). The Kier molecular flexibility index (Phi) is 3.98. The standard InChI is InChI=1S/C13H9F2IN2O/c14-10-6-11(15)12(17)5-9(10)13(19)18-8-3-1-7(16)2-4-8/h1-6H,17H2,(H,18,19). The molecule has 0 saturated carbocycles. The number of anilines is 2. The minimum absolute atomic E-state index is 0.269. The summed E-state index contributed by atoms with van der Waals surface area (Å²) in [7, 11) is 0. The Morgan fingerprint density at radius 2 is 1.74 bits per heavy atom. The molecule has 0 spiro atoms. The van der Waals surface area contributed by atoms with Crippen LogP contribution in [0.3, 0.4) is 0 Å². The zero-order valence-electron chi connectivity index (χ0n) is 9.58. The first-order valence-electron chi connectivity index (χ1n) is 5.29. The van der Waals surface area contributed by atoms with Crippen molar-refractivity contribution in [3.8, 4) is 0 Å². The Balaban J connectivity index is 2.25. The van der Waals surface area contributed by atoms with E-state index < -0.39 is 17.5 Å². The van der Waals surface area contributed by atoms with Gasteiger partial charge in [-0.15, -0.1) is 0 Å². The molecule has 0 bridgehead atoms. The number of nitrogen functional groups attached to an aromatic ring is 1. The van der Waals surface area contributed by atoms with Crippen LogP contribution >= 0.6 is 22.6 Å². The summed E-state index contributed by atoms with van der Waals surface area (Å²) in [6.07, 6.45) is 0. The molecule has 0 fully saturated rings. The average Bonchev–Trinajstić information content (AvgIpc) is 2.36. The molecule has 19 heavy (non-hydrogen) atoms. The fourth-order valence-corrected chi connectivity index (χ4v) is 1.83. The number of carbonyl (C=O) groups excluding carboxylic acids is 1. The van der Waals surface area contributed by atoms with Crippen molar-refractivity contribution in [2.75, 3.05) is 11.1 Å². The van der Waals surface area contributed by atoms with Crippen LogP contribution in [0.15, 0.2) is 36.4 Å². The van der Waals surface area contributed by atoms with Gasteiger partial charge in [0.1, 0.15) is 11.6 Å². The number of nitrogens with two attached hydrogens (primary N) is 1. The molecule has 1 amide bonds. The molecular formula is C13H9F2IN2O. The lowest BCUT2D eigenvalue weighted by molar-refractivity contribution is 0.102. The SMILES string of the molecule is Nc1cc(C(=O)Nc2ccc(I)cc2)c(F)cc1F. The number of hydrogen-bond donors (Lipinski definition) is 2. The Labute approximate surface area is 121 Å². The molecular weight excluding hydrogens is 365 g/mol. The smallest absolute Gasteiger partial charge is 0.258 e. The maximum absolute atomic E-state index is 13.5. The second-order valence-electron chi connectivity index (χ2n) is 3.81. The largest absolute Gasteiger partial charge is 0.396 e. The van der Waals surface area contributed by atoms with E-state index in [1.165, 1.54) is 0 Å². The van der Waals surface area contributed by atoms with Gasteiger partial charge in [-0.1, -0.05) is 0 Å². The number of amides is 1. The maximum atomic E-state index is 13.5. The lowest BCUT2D eigenvalue weighted by atomic mass is 10.1. The van der Waals surface area contributed by atoms with E-state index in [0.717, 1.165) is 9.64 Å². The summed E-state index contributed by atoms with van der Waals surface area (Å²) in [5.74, 6) is -2.51. The lowest BCUT2D eigenvalue weighted by Crippen LogP contribution is -2.14. The average molecular weight is 374 g/mol. The Morgan fingerprint density at radius 3 is 2.37 bits per heavy atom. The van der Waals surface area contributed by atoms with Gasteiger partial charge in [-0.2, -0.15) is 0 Å². The van der Waals surface area contributed by atoms with Crippen LogP contribution < -0.4 is 11.1 Å². The van der Waals surface area contributed by atoms with E-state index in [1.807, 2.05) is 0 Å². The minimum atomic E-state index is -0.949. The molecule has 0 aliphatic rings. The number of carbonyl (C=O) groups is 1. The number of halogens is 3. The van der Waals surface area contributed by atoms with Gasteiger partial charge in [0.15, 0.2) is 0 Å². The van der Waals surface area contributed by atoms with Gasteiger partial charge in [-0.3, -0.25) is 4.79 Å². The van der Waals surface area contributed by atoms with E-state index in [2.05, 4.69) is 27.9 Å². The second kappa shape index (κ2) is 5.52. The van der Waals surface area contributed by atoms with Crippen molar-refractivity contribution in [1.82, 2.24) is 0 Å². The molecule has 0 heterocycles. The number of nitrogens with one attached hydrogen (secondary N) is 1. The Morgan fingerprint density at radius 1 is 1.11 bits per heavy atom. The van der Waals surface area contributed by atoms with Gasteiger partial charge in [0.2, 0.25) is 0 Å². The van der Waals surface area contributed by atoms with E-state index >= 15 is 0 Å². The first kappa shape index (κ1) is 13.7. The first-order valence-corrected chi connectivity index (χ1v) is 6.36. The highest BCUT2D eigenvalue weighted by molar-refractivity contribution is 14.1. The van der Waals surface area contributed by atoms with Gasteiger partial charge in [0.05, 0.1) is 11.3 Å². The van der Waals surface area contributed by atoms with Crippen LogP contribution in [0, 0.1) is 15.2 Å². The molecule has 0 aromatic heterocycles. The predicted octanol–water partition coefficient (Wildman–Crippen LogP) is 3.40. The number of benzene rings is 2. The van der Waals surface area contributed by atoms with Gasteiger partial charge in [0, 0.05) is 15.3 Å². The third-order valence-electron chi connectivity index (χ3n) is 2.43. The van der Waals surface area contributed by atoms with Crippen LogP contribution in [-0.2, 0) is 0 Å². The molecule has 0 saturated heterocycles. The summed E-state index contributed by atoms with van der Waals surface area (Å²) < 4.78 is 27.5. The van der Waals surface area contributed by atoms with E-state index in [1.54, 1.807) is 24.3 Å². The summed E-state index contributed by atoms with van der Waals surface area (Å²) in [5.41, 5.74) is 5.28.